The van der Waals surface area contributed by atoms with Gasteiger partial charge in [0.1, 0.15) is 6.26 Å². The van der Waals surface area contributed by atoms with Gasteiger partial charge in [0.15, 0.2) is 0 Å². The third-order valence-corrected chi connectivity index (χ3v) is 3.64. The molecule has 0 amide bonds. The van der Waals surface area contributed by atoms with Gasteiger partial charge < -0.3 is 9.73 Å². The van der Waals surface area contributed by atoms with Gasteiger partial charge in [0, 0.05) is 9.35 Å². The largest absolute Gasteiger partial charge is 0.432 e. The molecule has 0 spiro atoms. The number of nitrogens with one attached hydrogen (secondary N) is 1. The third kappa shape index (κ3) is 2.16. The normalized spacial score (nSPS) is 10.4. The molecule has 0 radical (unpaired) electrons. The van der Waals surface area contributed by atoms with Gasteiger partial charge >= 0.3 is 0 Å². The van der Waals surface area contributed by atoms with Crippen molar-refractivity contribution in [1.29, 1.82) is 0 Å². The van der Waals surface area contributed by atoms with Crippen LogP contribution in [0.1, 0.15) is 10.6 Å². The topological polar surface area (TPSA) is 38.1 Å². The summed E-state index contributed by atoms with van der Waals surface area (Å²) < 4.78 is 6.29. The number of aromatic nitrogens is 1. The van der Waals surface area contributed by atoms with Crippen LogP contribution < -0.4 is 5.32 Å². The number of halogens is 1. The summed E-state index contributed by atoms with van der Waals surface area (Å²) in [6.45, 7) is 2.63. The highest BCUT2D eigenvalue weighted by Crippen LogP contribution is 2.23. The van der Waals surface area contributed by atoms with E-state index >= 15 is 0 Å². The molecular formula is C9H9BrN2OS. The second-order valence-corrected chi connectivity index (χ2v) is 4.69. The van der Waals surface area contributed by atoms with Crippen molar-refractivity contribution in [1.82, 2.24) is 4.98 Å². The first-order chi connectivity index (χ1) is 6.75. The van der Waals surface area contributed by atoms with E-state index in [-0.39, 0.29) is 0 Å². The molecule has 3 nitrogen and oxygen atoms in total. The van der Waals surface area contributed by atoms with Gasteiger partial charge in [-0.3, -0.25) is 0 Å². The Balaban J connectivity index is 1.98. The van der Waals surface area contributed by atoms with Gasteiger partial charge in [-0.2, -0.15) is 4.98 Å². The van der Waals surface area contributed by atoms with Gasteiger partial charge in [0.2, 0.25) is 0 Å². The lowest BCUT2D eigenvalue weighted by molar-refractivity contribution is 0.570. The summed E-state index contributed by atoms with van der Waals surface area (Å²) in [5.41, 5.74) is 0.887. The Morgan fingerprint density at radius 2 is 2.50 bits per heavy atom. The van der Waals surface area contributed by atoms with Crippen LogP contribution in [-0.4, -0.2) is 4.98 Å². The molecule has 2 rings (SSSR count). The molecule has 1 N–H and O–H groups in total. The summed E-state index contributed by atoms with van der Waals surface area (Å²) in [7, 11) is 0. The van der Waals surface area contributed by atoms with Crippen molar-refractivity contribution in [2.75, 3.05) is 5.32 Å². The molecule has 2 heterocycles. The lowest BCUT2D eigenvalue weighted by Gasteiger charge is -1.98. The van der Waals surface area contributed by atoms with E-state index in [1.807, 2.05) is 18.4 Å². The molecule has 0 saturated carbocycles. The minimum absolute atomic E-state index is 0.572. The number of nitrogens with zero attached hydrogens (tertiary/aromatic N) is 1. The van der Waals surface area contributed by atoms with Crippen LogP contribution >= 0.6 is 27.3 Å². The lowest BCUT2D eigenvalue weighted by Crippen LogP contribution is -1.97. The highest BCUT2D eigenvalue weighted by molar-refractivity contribution is 9.10. The zero-order chi connectivity index (χ0) is 9.97. The Bertz CT molecular complexity index is 424. The van der Waals surface area contributed by atoms with Crippen molar-refractivity contribution >= 4 is 33.3 Å². The first kappa shape index (κ1) is 9.73. The Hall–Kier alpha value is -0.810. The van der Waals surface area contributed by atoms with Crippen molar-refractivity contribution in [2.24, 2.45) is 0 Å². The summed E-state index contributed by atoms with van der Waals surface area (Å²) in [4.78, 5) is 5.39. The highest BCUT2D eigenvalue weighted by atomic mass is 79.9. The van der Waals surface area contributed by atoms with Crippen LogP contribution in [0, 0.1) is 6.92 Å². The summed E-state index contributed by atoms with van der Waals surface area (Å²) in [5, 5.41) is 5.15. The molecule has 2 aromatic heterocycles. The number of anilines is 1. The molecule has 14 heavy (non-hydrogen) atoms. The molecule has 0 bridgehead atoms. The zero-order valence-electron chi connectivity index (χ0n) is 7.58. The van der Waals surface area contributed by atoms with Gasteiger partial charge in [-0.1, -0.05) is 0 Å². The summed E-state index contributed by atoms with van der Waals surface area (Å²) >= 11 is 5.16. The van der Waals surface area contributed by atoms with Crippen molar-refractivity contribution in [2.45, 2.75) is 13.5 Å². The fourth-order valence-electron chi connectivity index (χ4n) is 1.04. The quantitative estimate of drug-likeness (QED) is 0.931. The number of hydrogen-bond donors (Lipinski definition) is 1. The van der Waals surface area contributed by atoms with Gasteiger partial charge in [-0.05, 0) is 34.3 Å². The molecule has 0 aliphatic heterocycles. The molecule has 5 heteroatoms. The molecule has 0 aliphatic rings. The Kier molecular flexibility index (Phi) is 2.88. The molecule has 0 aromatic carbocycles. The van der Waals surface area contributed by atoms with Gasteiger partial charge in [0.25, 0.3) is 6.01 Å². The van der Waals surface area contributed by atoms with E-state index in [1.165, 1.54) is 4.88 Å². The number of aryl methyl sites for hydroxylation is 1. The van der Waals surface area contributed by atoms with Crippen molar-refractivity contribution in [3.8, 4) is 0 Å². The van der Waals surface area contributed by atoms with Crippen LogP contribution in [0.5, 0.6) is 0 Å². The Labute approximate surface area is 94.3 Å². The predicted molar refractivity (Wildman–Crippen MR) is 60.6 cm³/mol. The first-order valence-corrected chi connectivity index (χ1v) is 5.81. The average Bonchev–Trinajstić information content (AvgIpc) is 2.72. The van der Waals surface area contributed by atoms with Crippen LogP contribution in [0.15, 0.2) is 26.6 Å². The second kappa shape index (κ2) is 4.14. The van der Waals surface area contributed by atoms with E-state index in [1.54, 1.807) is 17.6 Å². The van der Waals surface area contributed by atoms with Crippen LogP contribution in [0.25, 0.3) is 0 Å². The smallest absolute Gasteiger partial charge is 0.295 e. The number of thiophene rings is 1. The zero-order valence-corrected chi connectivity index (χ0v) is 9.98. The van der Waals surface area contributed by atoms with E-state index in [4.69, 9.17) is 4.42 Å². The molecule has 0 fully saturated rings. The number of oxazole rings is 1. The van der Waals surface area contributed by atoms with Gasteiger partial charge in [-0.25, -0.2) is 0 Å². The molecular weight excluding hydrogens is 264 g/mol. The van der Waals surface area contributed by atoms with Gasteiger partial charge in [-0.15, -0.1) is 11.3 Å². The molecule has 0 saturated heterocycles. The highest BCUT2D eigenvalue weighted by Gasteiger charge is 2.03. The monoisotopic (exact) mass is 272 g/mol. The fraction of sp³-hybridized carbons (Fsp3) is 0.222. The van der Waals surface area contributed by atoms with Gasteiger partial charge in [0.05, 0.1) is 12.2 Å². The third-order valence-electron chi connectivity index (χ3n) is 1.71. The summed E-state index contributed by atoms with van der Waals surface area (Å²) in [6, 6.07) is 2.60. The van der Waals surface area contributed by atoms with Crippen molar-refractivity contribution in [3.63, 3.8) is 0 Å². The molecule has 0 aliphatic carbocycles. The molecule has 0 atom stereocenters. The maximum absolute atomic E-state index is 5.17. The van der Waals surface area contributed by atoms with E-state index < -0.39 is 0 Å². The minimum Gasteiger partial charge on any atom is -0.432 e. The van der Waals surface area contributed by atoms with Crippen LogP contribution in [0.3, 0.4) is 0 Å². The SMILES string of the molecule is Cc1coc(NCc2sccc2Br)n1. The average molecular weight is 273 g/mol. The van der Waals surface area contributed by atoms with Crippen molar-refractivity contribution in [3.05, 3.63) is 32.8 Å². The first-order valence-electron chi connectivity index (χ1n) is 4.13. The standard InChI is InChI=1S/C9H9BrN2OS/c1-6-5-13-9(12-6)11-4-8-7(10)2-3-14-8/h2-3,5H,4H2,1H3,(H,11,12). The molecule has 74 valence electrons. The maximum Gasteiger partial charge on any atom is 0.295 e. The van der Waals surface area contributed by atoms with Crippen LogP contribution in [0.2, 0.25) is 0 Å². The molecule has 2 aromatic rings. The van der Waals surface area contributed by atoms with Crippen LogP contribution in [0.4, 0.5) is 6.01 Å². The van der Waals surface area contributed by atoms with E-state index in [0.29, 0.717) is 6.01 Å². The van der Waals surface area contributed by atoms with E-state index in [0.717, 1.165) is 16.7 Å². The predicted octanol–water partition coefficient (Wildman–Crippen LogP) is 3.42. The number of rotatable bonds is 3. The lowest BCUT2D eigenvalue weighted by atomic mass is 10.5. The van der Waals surface area contributed by atoms with E-state index in [9.17, 15) is 0 Å². The van der Waals surface area contributed by atoms with E-state index in [2.05, 4.69) is 26.2 Å². The maximum atomic E-state index is 5.17. The fourth-order valence-corrected chi connectivity index (χ4v) is 2.47. The Morgan fingerprint density at radius 3 is 3.07 bits per heavy atom. The molecule has 0 unspecified atom stereocenters. The Morgan fingerprint density at radius 1 is 1.64 bits per heavy atom. The van der Waals surface area contributed by atoms with Crippen LogP contribution in [-0.2, 0) is 6.54 Å². The summed E-state index contributed by atoms with van der Waals surface area (Å²) in [6.07, 6.45) is 1.63. The second-order valence-electron chi connectivity index (χ2n) is 2.84. The summed E-state index contributed by atoms with van der Waals surface area (Å²) in [5.74, 6) is 0. The van der Waals surface area contributed by atoms with Crippen molar-refractivity contribution < 1.29 is 4.42 Å². The minimum atomic E-state index is 0.572. The number of hydrogen-bond acceptors (Lipinski definition) is 4.